The second kappa shape index (κ2) is 7.13. The summed E-state index contributed by atoms with van der Waals surface area (Å²) in [5, 5.41) is 3.18. The molecule has 3 nitrogen and oxygen atoms in total. The molecule has 1 aromatic rings. The van der Waals surface area contributed by atoms with E-state index in [0.717, 1.165) is 17.9 Å². The monoisotopic (exact) mass is 292 g/mol. The van der Waals surface area contributed by atoms with Gasteiger partial charge in [-0.25, -0.2) is 0 Å². The lowest BCUT2D eigenvalue weighted by molar-refractivity contribution is -0.151. The van der Waals surface area contributed by atoms with E-state index in [1.165, 1.54) is 4.90 Å². The Bertz CT molecular complexity index is 413. The van der Waals surface area contributed by atoms with Crippen LogP contribution < -0.4 is 5.32 Å². The molecule has 0 atom stereocenters. The molecule has 6 heteroatoms. The summed E-state index contributed by atoms with van der Waals surface area (Å²) in [5.74, 6) is 1.34. The number of aryl methyl sites for hydroxylation is 1. The number of rotatable bonds is 7. The second-order valence-corrected chi connectivity index (χ2v) is 5.19. The highest BCUT2D eigenvalue weighted by Crippen LogP contribution is 2.22. The standard InChI is InChI=1S/C14H23F3N2O/c1-5-18-7-12-6-13(20-11(12)4)8-19(10(2)3)9-14(15,16)17/h6,10,18H,5,7-9H2,1-4H3. The minimum Gasteiger partial charge on any atom is -0.465 e. The van der Waals surface area contributed by atoms with Gasteiger partial charge in [-0.1, -0.05) is 6.92 Å². The Balaban J connectivity index is 2.73. The maximum atomic E-state index is 12.5. The van der Waals surface area contributed by atoms with Crippen LogP contribution in [0.1, 0.15) is 37.9 Å². The van der Waals surface area contributed by atoms with Crippen molar-refractivity contribution in [3.05, 3.63) is 23.2 Å². The Kier molecular flexibility index (Phi) is 6.07. The second-order valence-electron chi connectivity index (χ2n) is 5.19. The van der Waals surface area contributed by atoms with Crippen LogP contribution in [0.5, 0.6) is 0 Å². The molecule has 0 aliphatic carbocycles. The largest absolute Gasteiger partial charge is 0.465 e. The fourth-order valence-corrected chi connectivity index (χ4v) is 1.95. The first kappa shape index (κ1) is 17.0. The number of nitrogens with zero attached hydrogens (tertiary/aromatic N) is 1. The van der Waals surface area contributed by atoms with Gasteiger partial charge in [0.25, 0.3) is 0 Å². The lowest BCUT2D eigenvalue weighted by Crippen LogP contribution is -2.38. The third kappa shape index (κ3) is 5.54. The lowest BCUT2D eigenvalue weighted by atomic mass is 10.2. The summed E-state index contributed by atoms with van der Waals surface area (Å²) in [4.78, 5) is 1.36. The molecule has 1 N–H and O–H groups in total. The molecule has 0 fully saturated rings. The van der Waals surface area contributed by atoms with Gasteiger partial charge in [-0.2, -0.15) is 13.2 Å². The van der Waals surface area contributed by atoms with Crippen LogP contribution in [-0.2, 0) is 13.1 Å². The zero-order chi connectivity index (χ0) is 15.3. The molecular formula is C14H23F3N2O. The lowest BCUT2D eigenvalue weighted by Gasteiger charge is -2.26. The highest BCUT2D eigenvalue weighted by atomic mass is 19.4. The Morgan fingerprint density at radius 2 is 2.00 bits per heavy atom. The normalized spacial score (nSPS) is 12.7. The van der Waals surface area contributed by atoms with Crippen LogP contribution >= 0.6 is 0 Å². The Hall–Kier alpha value is -1.01. The predicted molar refractivity (Wildman–Crippen MR) is 72.4 cm³/mol. The van der Waals surface area contributed by atoms with Crippen molar-refractivity contribution >= 4 is 0 Å². The van der Waals surface area contributed by atoms with E-state index in [1.807, 2.05) is 19.9 Å². The fourth-order valence-electron chi connectivity index (χ4n) is 1.95. The molecule has 0 radical (unpaired) electrons. The van der Waals surface area contributed by atoms with Gasteiger partial charge in [0.05, 0.1) is 13.1 Å². The molecule has 0 amide bonds. The molecule has 1 rings (SSSR count). The first-order chi connectivity index (χ1) is 9.23. The van der Waals surface area contributed by atoms with Crippen LogP contribution in [0.25, 0.3) is 0 Å². The smallest absolute Gasteiger partial charge is 0.401 e. The molecule has 0 aliphatic rings. The molecule has 20 heavy (non-hydrogen) atoms. The van der Waals surface area contributed by atoms with E-state index >= 15 is 0 Å². The van der Waals surface area contributed by atoms with Crippen LogP contribution in [-0.4, -0.2) is 30.2 Å². The zero-order valence-corrected chi connectivity index (χ0v) is 12.5. The topological polar surface area (TPSA) is 28.4 Å². The van der Waals surface area contributed by atoms with E-state index in [-0.39, 0.29) is 12.6 Å². The molecule has 0 unspecified atom stereocenters. The zero-order valence-electron chi connectivity index (χ0n) is 12.5. The van der Waals surface area contributed by atoms with E-state index in [9.17, 15) is 13.2 Å². The van der Waals surface area contributed by atoms with Crippen molar-refractivity contribution in [3.8, 4) is 0 Å². The van der Waals surface area contributed by atoms with Crippen molar-refractivity contribution < 1.29 is 17.6 Å². The first-order valence-corrected chi connectivity index (χ1v) is 6.82. The van der Waals surface area contributed by atoms with Crippen LogP contribution in [0.3, 0.4) is 0 Å². The quantitative estimate of drug-likeness (QED) is 0.834. The summed E-state index contributed by atoms with van der Waals surface area (Å²) in [6, 6.07) is 1.64. The van der Waals surface area contributed by atoms with Crippen LogP contribution in [0, 0.1) is 6.92 Å². The summed E-state index contributed by atoms with van der Waals surface area (Å²) in [6.07, 6.45) is -4.20. The van der Waals surface area contributed by atoms with Gasteiger partial charge in [0, 0.05) is 18.2 Å². The van der Waals surface area contributed by atoms with Crippen molar-refractivity contribution in [2.45, 2.75) is 53.0 Å². The average Bonchev–Trinajstić information content (AvgIpc) is 2.64. The number of furan rings is 1. The van der Waals surface area contributed by atoms with Crippen molar-refractivity contribution in [2.24, 2.45) is 0 Å². The number of halogens is 3. The van der Waals surface area contributed by atoms with Crippen molar-refractivity contribution in [1.82, 2.24) is 10.2 Å². The Morgan fingerprint density at radius 1 is 1.35 bits per heavy atom. The van der Waals surface area contributed by atoms with Crippen molar-refractivity contribution in [3.63, 3.8) is 0 Å². The Morgan fingerprint density at radius 3 is 2.50 bits per heavy atom. The molecule has 116 valence electrons. The highest BCUT2D eigenvalue weighted by Gasteiger charge is 2.32. The van der Waals surface area contributed by atoms with Crippen molar-refractivity contribution in [2.75, 3.05) is 13.1 Å². The number of hydrogen-bond donors (Lipinski definition) is 1. The molecular weight excluding hydrogens is 269 g/mol. The van der Waals surface area contributed by atoms with Gasteiger partial charge < -0.3 is 9.73 Å². The fraction of sp³-hybridized carbons (Fsp3) is 0.714. The summed E-state index contributed by atoms with van der Waals surface area (Å²) in [7, 11) is 0. The molecule has 1 heterocycles. The number of nitrogens with one attached hydrogen (secondary N) is 1. The average molecular weight is 292 g/mol. The van der Waals surface area contributed by atoms with E-state index in [0.29, 0.717) is 12.3 Å². The summed E-state index contributed by atoms with van der Waals surface area (Å²) < 4.78 is 43.2. The summed E-state index contributed by atoms with van der Waals surface area (Å²) >= 11 is 0. The summed E-state index contributed by atoms with van der Waals surface area (Å²) in [5.41, 5.74) is 0.998. The minimum absolute atomic E-state index is 0.171. The van der Waals surface area contributed by atoms with Crippen LogP contribution in [0.4, 0.5) is 13.2 Å². The highest BCUT2D eigenvalue weighted by molar-refractivity contribution is 5.20. The van der Waals surface area contributed by atoms with Crippen molar-refractivity contribution in [1.29, 1.82) is 0 Å². The third-order valence-electron chi connectivity index (χ3n) is 3.11. The molecule has 0 aromatic carbocycles. The number of hydrogen-bond acceptors (Lipinski definition) is 3. The third-order valence-corrected chi connectivity index (χ3v) is 3.11. The van der Waals surface area contributed by atoms with Gasteiger partial charge >= 0.3 is 6.18 Å². The van der Waals surface area contributed by atoms with E-state index in [1.54, 1.807) is 13.8 Å². The van der Waals surface area contributed by atoms with Crippen LogP contribution in [0.2, 0.25) is 0 Å². The van der Waals surface area contributed by atoms with Crippen LogP contribution in [0.15, 0.2) is 10.5 Å². The van der Waals surface area contributed by atoms with Gasteiger partial charge in [0.1, 0.15) is 11.5 Å². The van der Waals surface area contributed by atoms with E-state index in [4.69, 9.17) is 4.42 Å². The maximum Gasteiger partial charge on any atom is 0.401 e. The minimum atomic E-state index is -4.20. The van der Waals surface area contributed by atoms with Gasteiger partial charge in [-0.3, -0.25) is 4.90 Å². The van der Waals surface area contributed by atoms with Gasteiger partial charge in [-0.15, -0.1) is 0 Å². The Labute approximate surface area is 118 Å². The van der Waals surface area contributed by atoms with Gasteiger partial charge in [-0.05, 0) is 33.4 Å². The number of alkyl halides is 3. The predicted octanol–water partition coefficient (Wildman–Crippen LogP) is 3.47. The SMILES string of the molecule is CCNCc1cc(CN(CC(F)(F)F)C(C)C)oc1C. The molecule has 1 aromatic heterocycles. The van der Waals surface area contributed by atoms with E-state index in [2.05, 4.69) is 5.32 Å². The van der Waals surface area contributed by atoms with E-state index < -0.39 is 12.7 Å². The first-order valence-electron chi connectivity index (χ1n) is 6.82. The maximum absolute atomic E-state index is 12.5. The molecule has 0 bridgehead atoms. The van der Waals surface area contributed by atoms with Gasteiger partial charge in [0.2, 0.25) is 0 Å². The molecule has 0 aliphatic heterocycles. The summed E-state index contributed by atoms with van der Waals surface area (Å²) in [6.45, 7) is 8.10. The molecule has 0 saturated carbocycles. The molecule has 0 saturated heterocycles. The van der Waals surface area contributed by atoms with Gasteiger partial charge in [0.15, 0.2) is 0 Å². The molecule has 0 spiro atoms.